The second kappa shape index (κ2) is 14.4. The molecule has 8 heteroatoms. The van der Waals surface area contributed by atoms with Gasteiger partial charge < -0.3 is 29.9 Å². The molecule has 1 saturated heterocycles. The first-order valence-corrected chi connectivity index (χ1v) is 14.0. The van der Waals surface area contributed by atoms with Gasteiger partial charge in [-0.1, -0.05) is 49.4 Å². The fourth-order valence-corrected chi connectivity index (χ4v) is 5.15. The zero-order valence-corrected chi connectivity index (χ0v) is 23.7. The van der Waals surface area contributed by atoms with E-state index in [1.807, 2.05) is 67.6 Å². The molecule has 3 aromatic carbocycles. The highest BCUT2D eigenvalue weighted by Gasteiger charge is 2.25. The van der Waals surface area contributed by atoms with E-state index in [0.29, 0.717) is 30.8 Å². The number of ether oxygens (including phenoxy) is 2. The minimum absolute atomic E-state index is 0.0849. The Morgan fingerprint density at radius 3 is 2.23 bits per heavy atom. The van der Waals surface area contributed by atoms with E-state index in [4.69, 9.17) is 9.47 Å². The highest BCUT2D eigenvalue weighted by molar-refractivity contribution is 6.03. The molecule has 0 aromatic heterocycles. The number of para-hydroxylation sites is 2. The number of carbonyl (C=O) groups is 2. The molecule has 40 heavy (non-hydrogen) atoms. The average molecular weight is 545 g/mol. The number of amides is 2. The van der Waals surface area contributed by atoms with Gasteiger partial charge in [0.1, 0.15) is 5.75 Å². The van der Waals surface area contributed by atoms with Crippen LogP contribution in [0.25, 0.3) is 0 Å². The van der Waals surface area contributed by atoms with Gasteiger partial charge in [0, 0.05) is 57.8 Å². The third-order valence-electron chi connectivity index (χ3n) is 7.29. The van der Waals surface area contributed by atoms with E-state index in [0.717, 1.165) is 55.3 Å². The Kier molecular flexibility index (Phi) is 10.4. The van der Waals surface area contributed by atoms with Crippen molar-refractivity contribution in [3.05, 3.63) is 83.9 Å². The van der Waals surface area contributed by atoms with E-state index in [9.17, 15) is 9.59 Å². The molecule has 1 aliphatic rings. The van der Waals surface area contributed by atoms with Gasteiger partial charge in [0.05, 0.1) is 24.3 Å². The van der Waals surface area contributed by atoms with Crippen molar-refractivity contribution in [3.8, 4) is 5.75 Å². The van der Waals surface area contributed by atoms with Crippen LogP contribution in [0.3, 0.4) is 0 Å². The van der Waals surface area contributed by atoms with Crippen molar-refractivity contribution in [3.63, 3.8) is 0 Å². The Hall–Kier alpha value is -4.04. The lowest BCUT2D eigenvalue weighted by molar-refractivity contribution is -0.117. The summed E-state index contributed by atoms with van der Waals surface area (Å²) in [7, 11) is 3.34. The van der Waals surface area contributed by atoms with Crippen LogP contribution in [0.15, 0.2) is 72.8 Å². The number of methoxy groups -OCH3 is 2. The van der Waals surface area contributed by atoms with Gasteiger partial charge in [0.15, 0.2) is 0 Å². The fourth-order valence-electron chi connectivity index (χ4n) is 5.15. The molecule has 2 N–H and O–H groups in total. The zero-order valence-electron chi connectivity index (χ0n) is 23.7. The molecule has 2 amide bonds. The van der Waals surface area contributed by atoms with Gasteiger partial charge in [-0.3, -0.25) is 9.59 Å². The topological polar surface area (TPSA) is 83.1 Å². The molecule has 0 saturated carbocycles. The fraction of sp³-hybridized carbons (Fsp3) is 0.375. The Morgan fingerprint density at radius 2 is 1.55 bits per heavy atom. The van der Waals surface area contributed by atoms with E-state index < -0.39 is 0 Å². The lowest BCUT2D eigenvalue weighted by Crippen LogP contribution is -2.47. The summed E-state index contributed by atoms with van der Waals surface area (Å²) in [5.41, 5.74) is 4.06. The van der Waals surface area contributed by atoms with Crippen molar-refractivity contribution >= 4 is 28.9 Å². The first-order chi connectivity index (χ1) is 19.5. The Bertz CT molecular complexity index is 1260. The normalized spacial score (nSPS) is 14.0. The van der Waals surface area contributed by atoms with Crippen LogP contribution in [0.2, 0.25) is 0 Å². The standard InChI is InChI=1S/C32H40N4O4/c1-4-26(24-11-6-5-7-12-24)32(38)34-25-15-16-28(27(23-25)31(37)33-17-10-22-39-2)35-18-20-36(21-19-35)29-13-8-9-14-30(29)40-3/h5-9,11-16,23,26H,4,10,17-22H2,1-3H3,(H,33,37)(H,34,38). The largest absolute Gasteiger partial charge is 0.495 e. The molecule has 1 heterocycles. The van der Waals surface area contributed by atoms with E-state index in [-0.39, 0.29) is 17.7 Å². The van der Waals surface area contributed by atoms with Crippen LogP contribution in [0, 0.1) is 0 Å². The quantitative estimate of drug-likeness (QED) is 0.315. The summed E-state index contributed by atoms with van der Waals surface area (Å²) in [5.74, 6) is 0.339. The molecule has 0 aliphatic carbocycles. The smallest absolute Gasteiger partial charge is 0.253 e. The van der Waals surface area contributed by atoms with Crippen LogP contribution in [-0.2, 0) is 9.53 Å². The van der Waals surface area contributed by atoms with Crippen LogP contribution in [0.1, 0.15) is 41.6 Å². The number of hydrogen-bond donors (Lipinski definition) is 2. The number of benzene rings is 3. The first kappa shape index (κ1) is 29.0. The maximum Gasteiger partial charge on any atom is 0.253 e. The van der Waals surface area contributed by atoms with Crippen molar-refractivity contribution in [2.24, 2.45) is 0 Å². The Labute approximate surface area is 237 Å². The predicted octanol–water partition coefficient (Wildman–Crippen LogP) is 4.92. The number of hydrogen-bond acceptors (Lipinski definition) is 6. The summed E-state index contributed by atoms with van der Waals surface area (Å²) in [6.07, 6.45) is 1.40. The molecule has 0 bridgehead atoms. The van der Waals surface area contributed by atoms with Crippen molar-refractivity contribution < 1.29 is 19.1 Å². The van der Waals surface area contributed by atoms with E-state index in [2.05, 4.69) is 26.5 Å². The highest BCUT2D eigenvalue weighted by Crippen LogP contribution is 2.31. The summed E-state index contributed by atoms with van der Waals surface area (Å²) in [4.78, 5) is 31.1. The maximum atomic E-state index is 13.4. The number of piperazine rings is 1. The van der Waals surface area contributed by atoms with E-state index in [1.165, 1.54) is 0 Å². The van der Waals surface area contributed by atoms with Gasteiger partial charge in [0.2, 0.25) is 5.91 Å². The molecule has 4 rings (SSSR count). The number of nitrogens with zero attached hydrogens (tertiary/aromatic N) is 2. The Morgan fingerprint density at radius 1 is 0.875 bits per heavy atom. The number of carbonyl (C=O) groups excluding carboxylic acids is 2. The molecule has 1 fully saturated rings. The van der Waals surface area contributed by atoms with E-state index in [1.54, 1.807) is 20.3 Å². The van der Waals surface area contributed by atoms with Crippen molar-refractivity contribution in [2.45, 2.75) is 25.7 Å². The molecular formula is C32H40N4O4. The van der Waals surface area contributed by atoms with Crippen molar-refractivity contribution in [1.82, 2.24) is 5.32 Å². The van der Waals surface area contributed by atoms with Crippen molar-refractivity contribution in [2.75, 3.05) is 68.7 Å². The Balaban J connectivity index is 1.53. The first-order valence-electron chi connectivity index (χ1n) is 14.0. The SMILES string of the molecule is CCC(C(=O)Nc1ccc(N2CCN(c3ccccc3OC)CC2)c(C(=O)NCCCOC)c1)c1ccccc1. The zero-order chi connectivity index (χ0) is 28.3. The summed E-state index contributed by atoms with van der Waals surface area (Å²) in [6, 6.07) is 23.4. The molecule has 1 atom stereocenters. The second-order valence-corrected chi connectivity index (χ2v) is 9.84. The molecule has 3 aromatic rings. The summed E-state index contributed by atoms with van der Waals surface area (Å²) >= 11 is 0. The van der Waals surface area contributed by atoms with Gasteiger partial charge in [0.25, 0.3) is 5.91 Å². The highest BCUT2D eigenvalue weighted by atomic mass is 16.5. The predicted molar refractivity (Wildman–Crippen MR) is 161 cm³/mol. The van der Waals surface area contributed by atoms with Gasteiger partial charge in [-0.15, -0.1) is 0 Å². The van der Waals surface area contributed by atoms with Gasteiger partial charge in [-0.2, -0.15) is 0 Å². The lowest BCUT2D eigenvalue weighted by atomic mass is 9.95. The third kappa shape index (κ3) is 7.12. The number of rotatable bonds is 12. The average Bonchev–Trinajstić information content (AvgIpc) is 3.00. The lowest BCUT2D eigenvalue weighted by Gasteiger charge is -2.38. The van der Waals surface area contributed by atoms with Gasteiger partial charge >= 0.3 is 0 Å². The molecule has 8 nitrogen and oxygen atoms in total. The van der Waals surface area contributed by atoms with Crippen LogP contribution in [0.4, 0.5) is 17.1 Å². The maximum absolute atomic E-state index is 13.4. The molecule has 1 aliphatic heterocycles. The molecule has 0 spiro atoms. The summed E-state index contributed by atoms with van der Waals surface area (Å²) < 4.78 is 10.7. The summed E-state index contributed by atoms with van der Waals surface area (Å²) in [5, 5.41) is 6.07. The summed E-state index contributed by atoms with van der Waals surface area (Å²) in [6.45, 7) is 6.18. The van der Waals surface area contributed by atoms with Gasteiger partial charge in [-0.05, 0) is 48.7 Å². The molecule has 1 unspecified atom stereocenters. The monoisotopic (exact) mass is 544 g/mol. The van der Waals surface area contributed by atoms with Gasteiger partial charge in [-0.25, -0.2) is 0 Å². The minimum atomic E-state index is -0.268. The van der Waals surface area contributed by atoms with E-state index >= 15 is 0 Å². The third-order valence-corrected chi connectivity index (χ3v) is 7.29. The van der Waals surface area contributed by atoms with Crippen molar-refractivity contribution in [1.29, 1.82) is 0 Å². The number of nitrogens with one attached hydrogen (secondary N) is 2. The molecular weight excluding hydrogens is 504 g/mol. The van der Waals surface area contributed by atoms with Crippen LogP contribution < -0.4 is 25.2 Å². The number of anilines is 3. The van der Waals surface area contributed by atoms with Crippen LogP contribution in [-0.4, -0.2) is 65.4 Å². The van der Waals surface area contributed by atoms with Crippen LogP contribution >= 0.6 is 0 Å². The second-order valence-electron chi connectivity index (χ2n) is 9.84. The minimum Gasteiger partial charge on any atom is -0.495 e. The molecule has 0 radical (unpaired) electrons. The molecule has 212 valence electrons. The van der Waals surface area contributed by atoms with Crippen LogP contribution in [0.5, 0.6) is 5.75 Å².